The molecule has 19 heavy (non-hydrogen) atoms. The highest BCUT2D eigenvalue weighted by Gasteiger charge is 2.27. The summed E-state index contributed by atoms with van der Waals surface area (Å²) in [5.74, 6) is 0.674. The van der Waals surface area contributed by atoms with E-state index in [0.717, 1.165) is 24.3 Å². The molecule has 1 atom stereocenters. The number of benzene rings is 1. The van der Waals surface area contributed by atoms with Gasteiger partial charge in [-0.2, -0.15) is 0 Å². The van der Waals surface area contributed by atoms with E-state index < -0.39 is 12.0 Å². The summed E-state index contributed by atoms with van der Waals surface area (Å²) in [7, 11) is 1.61. The van der Waals surface area contributed by atoms with Crippen molar-refractivity contribution in [3.8, 4) is 11.5 Å². The summed E-state index contributed by atoms with van der Waals surface area (Å²) in [6.07, 6.45) is 2.60. The summed E-state index contributed by atoms with van der Waals surface area (Å²) in [5, 5.41) is 12.2. The molecule has 0 aliphatic heterocycles. The molecular formula is C14H19NO4. The number of hydrogen-bond donors (Lipinski definition) is 2. The number of carbonyl (C=O) groups is 1. The zero-order chi connectivity index (χ0) is 13.7. The lowest BCUT2D eigenvalue weighted by atomic mass is 10.2. The molecule has 1 aromatic carbocycles. The van der Waals surface area contributed by atoms with Crippen LogP contribution in [0.15, 0.2) is 24.3 Å². The topological polar surface area (TPSA) is 67.8 Å². The minimum Gasteiger partial charge on any atom is -0.497 e. The molecule has 2 N–H and O–H groups in total. The van der Waals surface area contributed by atoms with Gasteiger partial charge in [0.1, 0.15) is 17.5 Å². The van der Waals surface area contributed by atoms with Gasteiger partial charge >= 0.3 is 5.97 Å². The van der Waals surface area contributed by atoms with Gasteiger partial charge in [0.15, 0.2) is 0 Å². The molecule has 0 radical (unpaired) electrons. The zero-order valence-electron chi connectivity index (χ0n) is 11.0. The van der Waals surface area contributed by atoms with Gasteiger partial charge < -0.3 is 19.9 Å². The fourth-order valence-electron chi connectivity index (χ4n) is 1.78. The Hall–Kier alpha value is -1.75. The van der Waals surface area contributed by atoms with E-state index in [-0.39, 0.29) is 0 Å². The SMILES string of the molecule is COc1ccc(OCCC(NC2CC2)C(=O)O)cc1. The van der Waals surface area contributed by atoms with E-state index in [1.807, 2.05) is 24.3 Å². The first-order valence-electron chi connectivity index (χ1n) is 6.45. The summed E-state index contributed by atoms with van der Waals surface area (Å²) in [6.45, 7) is 0.378. The molecule has 5 heteroatoms. The zero-order valence-corrected chi connectivity index (χ0v) is 11.0. The number of carboxylic acids is 1. The van der Waals surface area contributed by atoms with E-state index in [1.54, 1.807) is 7.11 Å². The first-order valence-corrected chi connectivity index (χ1v) is 6.45. The molecule has 2 rings (SSSR count). The molecule has 1 fully saturated rings. The van der Waals surface area contributed by atoms with Gasteiger partial charge in [0.2, 0.25) is 0 Å². The Morgan fingerprint density at radius 3 is 2.53 bits per heavy atom. The molecule has 1 aromatic rings. The molecule has 0 bridgehead atoms. The Labute approximate surface area is 112 Å². The highest BCUT2D eigenvalue weighted by atomic mass is 16.5. The van der Waals surface area contributed by atoms with Crippen LogP contribution in [0.1, 0.15) is 19.3 Å². The number of carboxylic acid groups (broad SMARTS) is 1. The highest BCUT2D eigenvalue weighted by Crippen LogP contribution is 2.20. The Kier molecular flexibility index (Phi) is 4.63. The molecule has 104 valence electrons. The third-order valence-corrected chi connectivity index (χ3v) is 3.05. The molecule has 0 amide bonds. The van der Waals surface area contributed by atoms with Crippen LogP contribution >= 0.6 is 0 Å². The monoisotopic (exact) mass is 265 g/mol. The molecule has 0 saturated heterocycles. The van der Waals surface area contributed by atoms with Gasteiger partial charge in [-0.15, -0.1) is 0 Å². The normalized spacial score (nSPS) is 15.8. The second kappa shape index (κ2) is 6.43. The Bertz CT molecular complexity index is 414. The minimum atomic E-state index is -0.815. The first-order chi connectivity index (χ1) is 9.19. The molecule has 1 aliphatic carbocycles. The minimum absolute atomic E-state index is 0.377. The number of nitrogens with one attached hydrogen (secondary N) is 1. The van der Waals surface area contributed by atoms with E-state index in [1.165, 1.54) is 0 Å². The standard InChI is InChI=1S/C14H19NO4/c1-18-11-4-6-12(7-5-11)19-9-8-13(14(16)17)15-10-2-3-10/h4-7,10,13,15H,2-3,8-9H2,1H3,(H,16,17). The maximum absolute atomic E-state index is 11.1. The summed E-state index contributed by atoms with van der Waals surface area (Å²) in [5.41, 5.74) is 0. The predicted octanol–water partition coefficient (Wildman–Crippen LogP) is 1.67. The van der Waals surface area contributed by atoms with Crippen LogP contribution in [0.3, 0.4) is 0 Å². The third-order valence-electron chi connectivity index (χ3n) is 3.05. The summed E-state index contributed by atoms with van der Waals surface area (Å²) in [6, 6.07) is 7.10. The van der Waals surface area contributed by atoms with Crippen molar-refractivity contribution in [2.75, 3.05) is 13.7 Å². The van der Waals surface area contributed by atoms with Crippen molar-refractivity contribution in [1.82, 2.24) is 5.32 Å². The Balaban J connectivity index is 1.75. The number of methoxy groups -OCH3 is 1. The average Bonchev–Trinajstić information content (AvgIpc) is 3.22. The smallest absolute Gasteiger partial charge is 0.320 e. The van der Waals surface area contributed by atoms with E-state index in [9.17, 15) is 4.79 Å². The van der Waals surface area contributed by atoms with Gasteiger partial charge in [-0.1, -0.05) is 0 Å². The van der Waals surface area contributed by atoms with Crippen molar-refractivity contribution in [3.63, 3.8) is 0 Å². The third kappa shape index (κ3) is 4.44. The van der Waals surface area contributed by atoms with E-state index in [0.29, 0.717) is 19.1 Å². The molecule has 0 heterocycles. The van der Waals surface area contributed by atoms with Crippen LogP contribution in [-0.4, -0.2) is 36.9 Å². The average molecular weight is 265 g/mol. The van der Waals surface area contributed by atoms with E-state index in [4.69, 9.17) is 14.6 Å². The first kappa shape index (κ1) is 13.7. The largest absolute Gasteiger partial charge is 0.497 e. The molecule has 1 aliphatic rings. The van der Waals surface area contributed by atoms with Gasteiger partial charge in [0, 0.05) is 12.5 Å². The van der Waals surface area contributed by atoms with Crippen molar-refractivity contribution in [3.05, 3.63) is 24.3 Å². The second-order valence-electron chi connectivity index (χ2n) is 4.64. The van der Waals surface area contributed by atoms with Crippen LogP contribution in [-0.2, 0) is 4.79 Å². The van der Waals surface area contributed by atoms with Crippen LogP contribution < -0.4 is 14.8 Å². The summed E-state index contributed by atoms with van der Waals surface area (Å²) < 4.78 is 10.6. The van der Waals surface area contributed by atoms with E-state index >= 15 is 0 Å². The highest BCUT2D eigenvalue weighted by molar-refractivity contribution is 5.73. The maximum atomic E-state index is 11.1. The Morgan fingerprint density at radius 1 is 1.37 bits per heavy atom. The molecule has 0 aromatic heterocycles. The van der Waals surface area contributed by atoms with Crippen LogP contribution in [0.25, 0.3) is 0 Å². The van der Waals surface area contributed by atoms with E-state index in [2.05, 4.69) is 5.32 Å². The van der Waals surface area contributed by atoms with Crippen molar-refractivity contribution >= 4 is 5.97 Å². The van der Waals surface area contributed by atoms with Gasteiger partial charge in [-0.25, -0.2) is 0 Å². The molecule has 5 nitrogen and oxygen atoms in total. The summed E-state index contributed by atoms with van der Waals surface area (Å²) >= 11 is 0. The van der Waals surface area contributed by atoms with Crippen molar-refractivity contribution in [2.45, 2.75) is 31.3 Å². The van der Waals surface area contributed by atoms with Gasteiger partial charge in [-0.05, 0) is 37.1 Å². The van der Waals surface area contributed by atoms with Crippen molar-refractivity contribution in [2.24, 2.45) is 0 Å². The maximum Gasteiger partial charge on any atom is 0.320 e. The molecular weight excluding hydrogens is 246 g/mol. The number of rotatable bonds is 8. The second-order valence-corrected chi connectivity index (χ2v) is 4.64. The Morgan fingerprint density at radius 2 is 2.00 bits per heavy atom. The van der Waals surface area contributed by atoms with Crippen molar-refractivity contribution < 1.29 is 19.4 Å². The lowest BCUT2D eigenvalue weighted by Gasteiger charge is -2.14. The lowest BCUT2D eigenvalue weighted by molar-refractivity contribution is -0.139. The fourth-order valence-corrected chi connectivity index (χ4v) is 1.78. The predicted molar refractivity (Wildman–Crippen MR) is 70.7 cm³/mol. The quantitative estimate of drug-likeness (QED) is 0.748. The van der Waals surface area contributed by atoms with Gasteiger partial charge in [0.05, 0.1) is 13.7 Å². The number of hydrogen-bond acceptors (Lipinski definition) is 4. The molecule has 1 unspecified atom stereocenters. The fraction of sp³-hybridized carbons (Fsp3) is 0.500. The number of ether oxygens (including phenoxy) is 2. The van der Waals surface area contributed by atoms with Crippen LogP contribution in [0.2, 0.25) is 0 Å². The van der Waals surface area contributed by atoms with Crippen LogP contribution in [0.4, 0.5) is 0 Å². The summed E-state index contributed by atoms with van der Waals surface area (Å²) in [4.78, 5) is 11.1. The number of aliphatic carboxylic acids is 1. The van der Waals surface area contributed by atoms with Gasteiger partial charge in [0.25, 0.3) is 0 Å². The molecule has 1 saturated carbocycles. The van der Waals surface area contributed by atoms with Crippen LogP contribution in [0, 0.1) is 0 Å². The van der Waals surface area contributed by atoms with Gasteiger partial charge in [-0.3, -0.25) is 4.79 Å². The van der Waals surface area contributed by atoms with Crippen molar-refractivity contribution in [1.29, 1.82) is 0 Å². The molecule has 0 spiro atoms. The lowest BCUT2D eigenvalue weighted by Crippen LogP contribution is -2.39. The van der Waals surface area contributed by atoms with Crippen LogP contribution in [0.5, 0.6) is 11.5 Å².